The third-order valence-corrected chi connectivity index (χ3v) is 4.33. The van der Waals surface area contributed by atoms with Crippen molar-refractivity contribution in [1.29, 1.82) is 0 Å². The predicted octanol–water partition coefficient (Wildman–Crippen LogP) is 2.90. The summed E-state index contributed by atoms with van der Waals surface area (Å²) in [5.41, 5.74) is 2.28. The van der Waals surface area contributed by atoms with Crippen molar-refractivity contribution in [2.24, 2.45) is 0 Å². The fourth-order valence-electron chi connectivity index (χ4n) is 3.00. The molecule has 3 rings (SSSR count). The molecule has 1 N–H and O–H groups in total. The molecule has 1 saturated heterocycles. The molecule has 0 saturated carbocycles. The lowest BCUT2D eigenvalue weighted by Gasteiger charge is -2.33. The number of carbonyl (C=O) groups excluding carboxylic acids is 2. The quantitative estimate of drug-likeness (QED) is 0.852. The highest BCUT2D eigenvalue weighted by Gasteiger charge is 2.29. The number of hydrogen-bond acceptors (Lipinski definition) is 4. The van der Waals surface area contributed by atoms with Crippen LogP contribution >= 0.6 is 0 Å². The Bertz CT molecular complexity index is 722. The number of benzene rings is 2. The first kappa shape index (κ1) is 17.3. The van der Waals surface area contributed by atoms with Crippen molar-refractivity contribution in [2.75, 3.05) is 31.6 Å². The van der Waals surface area contributed by atoms with E-state index in [9.17, 15) is 9.59 Å². The molecule has 1 unspecified atom stereocenters. The molecule has 1 amide bonds. The van der Waals surface area contributed by atoms with Gasteiger partial charge in [0, 0.05) is 24.3 Å². The SMILES string of the molecule is CC(=O)c1ccc(NC(=O)C(c2ccccc2)N2CCOCC2)cc1. The molecule has 0 bridgehead atoms. The Morgan fingerprint density at radius 2 is 1.64 bits per heavy atom. The number of Topliss-reactive ketones (excluding diaryl/α,β-unsaturated/α-hetero) is 1. The number of rotatable bonds is 5. The normalized spacial score (nSPS) is 16.2. The summed E-state index contributed by atoms with van der Waals surface area (Å²) in [5, 5.41) is 2.97. The van der Waals surface area contributed by atoms with Gasteiger partial charge in [-0.15, -0.1) is 0 Å². The average molecular weight is 338 g/mol. The maximum absolute atomic E-state index is 13.0. The number of ether oxygens (including phenoxy) is 1. The van der Waals surface area contributed by atoms with Gasteiger partial charge in [-0.05, 0) is 36.8 Å². The number of ketones is 1. The summed E-state index contributed by atoms with van der Waals surface area (Å²) in [7, 11) is 0. The van der Waals surface area contributed by atoms with Gasteiger partial charge < -0.3 is 10.1 Å². The molecule has 0 spiro atoms. The first-order valence-corrected chi connectivity index (χ1v) is 8.44. The molecule has 0 radical (unpaired) electrons. The van der Waals surface area contributed by atoms with Crippen LogP contribution in [0, 0.1) is 0 Å². The average Bonchev–Trinajstić information content (AvgIpc) is 2.64. The number of nitrogens with zero attached hydrogens (tertiary/aromatic N) is 1. The van der Waals surface area contributed by atoms with Gasteiger partial charge in [-0.2, -0.15) is 0 Å². The molecule has 5 nitrogen and oxygen atoms in total. The van der Waals surface area contributed by atoms with E-state index in [0.29, 0.717) is 24.5 Å². The van der Waals surface area contributed by atoms with Crippen molar-refractivity contribution in [3.8, 4) is 0 Å². The Hall–Kier alpha value is -2.50. The summed E-state index contributed by atoms with van der Waals surface area (Å²) < 4.78 is 5.41. The van der Waals surface area contributed by atoms with Crippen molar-refractivity contribution >= 4 is 17.4 Å². The molecule has 0 aliphatic carbocycles. The van der Waals surface area contributed by atoms with Gasteiger partial charge in [0.1, 0.15) is 6.04 Å². The zero-order chi connectivity index (χ0) is 17.6. The van der Waals surface area contributed by atoms with Crippen LogP contribution in [0.15, 0.2) is 54.6 Å². The smallest absolute Gasteiger partial charge is 0.246 e. The Morgan fingerprint density at radius 3 is 2.24 bits per heavy atom. The van der Waals surface area contributed by atoms with Crippen LogP contribution in [0.25, 0.3) is 0 Å². The number of hydrogen-bond donors (Lipinski definition) is 1. The van der Waals surface area contributed by atoms with Crippen LogP contribution in [-0.4, -0.2) is 42.9 Å². The van der Waals surface area contributed by atoms with Crippen LogP contribution in [0.3, 0.4) is 0 Å². The van der Waals surface area contributed by atoms with Crippen LogP contribution in [-0.2, 0) is 9.53 Å². The van der Waals surface area contributed by atoms with Gasteiger partial charge in [-0.1, -0.05) is 30.3 Å². The first-order valence-electron chi connectivity index (χ1n) is 8.44. The van der Waals surface area contributed by atoms with Gasteiger partial charge in [0.05, 0.1) is 13.2 Å². The molecule has 1 aliphatic rings. The van der Waals surface area contributed by atoms with E-state index in [4.69, 9.17) is 4.74 Å². The lowest BCUT2D eigenvalue weighted by molar-refractivity contribution is -0.123. The van der Waals surface area contributed by atoms with Gasteiger partial charge in [0.15, 0.2) is 5.78 Å². The highest BCUT2D eigenvalue weighted by atomic mass is 16.5. The van der Waals surface area contributed by atoms with Gasteiger partial charge >= 0.3 is 0 Å². The van der Waals surface area contributed by atoms with E-state index < -0.39 is 0 Å². The molecule has 2 aromatic rings. The molecule has 1 fully saturated rings. The van der Waals surface area contributed by atoms with Crippen molar-refractivity contribution < 1.29 is 14.3 Å². The second kappa shape index (κ2) is 8.05. The van der Waals surface area contributed by atoms with Crippen LogP contribution < -0.4 is 5.32 Å². The van der Waals surface area contributed by atoms with Crippen LogP contribution in [0.2, 0.25) is 0 Å². The Labute approximate surface area is 147 Å². The summed E-state index contributed by atoms with van der Waals surface area (Å²) in [5.74, 6) is -0.0722. The largest absolute Gasteiger partial charge is 0.379 e. The number of amides is 1. The van der Waals surface area contributed by atoms with E-state index in [-0.39, 0.29) is 17.7 Å². The molecule has 25 heavy (non-hydrogen) atoms. The minimum Gasteiger partial charge on any atom is -0.379 e. The fourth-order valence-corrected chi connectivity index (χ4v) is 3.00. The number of anilines is 1. The number of nitrogens with one attached hydrogen (secondary N) is 1. The second-order valence-corrected chi connectivity index (χ2v) is 6.08. The monoisotopic (exact) mass is 338 g/mol. The van der Waals surface area contributed by atoms with Crippen LogP contribution in [0.5, 0.6) is 0 Å². The number of morpholine rings is 1. The van der Waals surface area contributed by atoms with Gasteiger partial charge in [-0.25, -0.2) is 0 Å². The van der Waals surface area contributed by atoms with Crippen molar-refractivity contribution in [2.45, 2.75) is 13.0 Å². The molecule has 1 heterocycles. The van der Waals surface area contributed by atoms with Crippen molar-refractivity contribution in [3.63, 3.8) is 0 Å². The van der Waals surface area contributed by atoms with Gasteiger partial charge in [-0.3, -0.25) is 14.5 Å². The molecule has 5 heteroatoms. The summed E-state index contributed by atoms with van der Waals surface area (Å²) >= 11 is 0. The summed E-state index contributed by atoms with van der Waals surface area (Å²) in [4.78, 5) is 26.5. The number of carbonyl (C=O) groups is 2. The van der Waals surface area contributed by atoms with E-state index in [1.165, 1.54) is 6.92 Å². The molecule has 0 aromatic heterocycles. The Morgan fingerprint density at radius 1 is 1.00 bits per heavy atom. The summed E-state index contributed by atoms with van der Waals surface area (Å²) in [6, 6.07) is 16.4. The zero-order valence-electron chi connectivity index (χ0n) is 14.3. The van der Waals surface area contributed by atoms with Gasteiger partial charge in [0.2, 0.25) is 5.91 Å². The third-order valence-electron chi connectivity index (χ3n) is 4.33. The highest BCUT2D eigenvalue weighted by molar-refractivity contribution is 5.97. The van der Waals surface area contributed by atoms with Crippen LogP contribution in [0.4, 0.5) is 5.69 Å². The lowest BCUT2D eigenvalue weighted by atomic mass is 10.0. The van der Waals surface area contributed by atoms with E-state index in [0.717, 1.165) is 18.7 Å². The molecule has 130 valence electrons. The van der Waals surface area contributed by atoms with Crippen LogP contribution in [0.1, 0.15) is 28.9 Å². The van der Waals surface area contributed by atoms with E-state index in [1.807, 2.05) is 30.3 Å². The molecule has 1 atom stereocenters. The molecule has 2 aromatic carbocycles. The lowest BCUT2D eigenvalue weighted by Crippen LogP contribution is -2.43. The first-order chi connectivity index (χ1) is 12.1. The topological polar surface area (TPSA) is 58.6 Å². The van der Waals surface area contributed by atoms with E-state index >= 15 is 0 Å². The summed E-state index contributed by atoms with van der Waals surface area (Å²) in [6.07, 6.45) is 0. The standard InChI is InChI=1S/C20H22N2O3/c1-15(23)16-7-9-18(10-8-16)21-20(24)19(17-5-3-2-4-6-17)22-11-13-25-14-12-22/h2-10,19H,11-14H2,1H3,(H,21,24). The van der Waals surface area contributed by atoms with Gasteiger partial charge in [0.25, 0.3) is 0 Å². The van der Waals surface area contributed by atoms with Crippen molar-refractivity contribution in [1.82, 2.24) is 4.90 Å². The maximum atomic E-state index is 13.0. The zero-order valence-corrected chi connectivity index (χ0v) is 14.3. The molecule has 1 aliphatic heterocycles. The second-order valence-electron chi connectivity index (χ2n) is 6.08. The minimum absolute atomic E-state index is 0.00774. The Balaban J connectivity index is 1.80. The molecular weight excluding hydrogens is 316 g/mol. The third kappa shape index (κ3) is 4.32. The Kier molecular flexibility index (Phi) is 5.58. The highest BCUT2D eigenvalue weighted by Crippen LogP contribution is 2.24. The van der Waals surface area contributed by atoms with Crippen molar-refractivity contribution in [3.05, 3.63) is 65.7 Å². The van der Waals surface area contributed by atoms with E-state index in [1.54, 1.807) is 24.3 Å². The molecular formula is C20H22N2O3. The maximum Gasteiger partial charge on any atom is 0.246 e. The fraction of sp³-hybridized carbons (Fsp3) is 0.300. The minimum atomic E-state index is -0.363. The van der Waals surface area contributed by atoms with E-state index in [2.05, 4.69) is 10.2 Å². The predicted molar refractivity (Wildman–Crippen MR) is 96.7 cm³/mol. The summed E-state index contributed by atoms with van der Waals surface area (Å²) in [6.45, 7) is 4.22.